The van der Waals surface area contributed by atoms with Crippen LogP contribution in [0.3, 0.4) is 0 Å². The lowest BCUT2D eigenvalue weighted by atomic mass is 9.99. The maximum Gasteiger partial charge on any atom is 0.147 e. The van der Waals surface area contributed by atoms with Crippen molar-refractivity contribution in [3.8, 4) is 0 Å². The van der Waals surface area contributed by atoms with Gasteiger partial charge in [-0.1, -0.05) is 6.07 Å². The van der Waals surface area contributed by atoms with Gasteiger partial charge in [-0.15, -0.1) is 11.3 Å². The third kappa shape index (κ3) is 2.77. The summed E-state index contributed by atoms with van der Waals surface area (Å²) in [6.07, 6.45) is 5.00. The topological polar surface area (TPSA) is 12.0 Å². The standard InChI is InChI=1S/C16H17BrFNS/c1-10(19-16-12(17)6-4-7-13(16)18)15-9-11-5-2-3-8-14(11)20-15/h4,6-7,9-10,19H,2-3,5,8H2,1H3. The normalized spacial score (nSPS) is 15.8. The van der Waals surface area contributed by atoms with E-state index in [-0.39, 0.29) is 11.9 Å². The average Bonchev–Trinajstić information content (AvgIpc) is 2.87. The predicted molar refractivity (Wildman–Crippen MR) is 87.1 cm³/mol. The van der Waals surface area contributed by atoms with Gasteiger partial charge in [0, 0.05) is 14.2 Å². The van der Waals surface area contributed by atoms with Crippen molar-refractivity contribution in [2.45, 2.75) is 38.6 Å². The van der Waals surface area contributed by atoms with Crippen LogP contribution in [0.1, 0.15) is 41.1 Å². The van der Waals surface area contributed by atoms with Crippen LogP contribution >= 0.6 is 27.3 Å². The third-order valence-corrected chi connectivity index (χ3v) is 5.85. The lowest BCUT2D eigenvalue weighted by molar-refractivity contribution is 0.627. The Kier molecular flexibility index (Phi) is 4.13. The second kappa shape index (κ2) is 5.86. The molecule has 0 fully saturated rings. The molecule has 1 atom stereocenters. The van der Waals surface area contributed by atoms with Crippen molar-refractivity contribution < 1.29 is 4.39 Å². The summed E-state index contributed by atoms with van der Waals surface area (Å²) in [6.45, 7) is 2.09. The Morgan fingerprint density at radius 1 is 1.30 bits per heavy atom. The minimum Gasteiger partial charge on any atom is -0.374 e. The molecule has 1 N–H and O–H groups in total. The Bertz CT molecular complexity index is 579. The number of thiophene rings is 1. The highest BCUT2D eigenvalue weighted by Gasteiger charge is 2.18. The SMILES string of the molecule is CC(Nc1c(F)cccc1Br)c1cc2c(s1)CCCC2. The summed E-state index contributed by atoms with van der Waals surface area (Å²) < 4.78 is 14.6. The maximum atomic E-state index is 13.9. The maximum absolute atomic E-state index is 13.9. The van der Waals surface area contributed by atoms with Crippen molar-refractivity contribution in [3.63, 3.8) is 0 Å². The fourth-order valence-corrected chi connectivity index (χ4v) is 4.37. The molecule has 0 bridgehead atoms. The van der Waals surface area contributed by atoms with E-state index >= 15 is 0 Å². The number of rotatable bonds is 3. The zero-order valence-electron chi connectivity index (χ0n) is 11.4. The molecule has 1 aliphatic rings. The number of fused-ring (bicyclic) bond motifs is 1. The first-order chi connectivity index (χ1) is 9.65. The van der Waals surface area contributed by atoms with Crippen LogP contribution in [0.5, 0.6) is 0 Å². The first kappa shape index (κ1) is 14.1. The van der Waals surface area contributed by atoms with Crippen molar-refractivity contribution in [2.75, 3.05) is 5.32 Å². The average molecular weight is 354 g/mol. The van der Waals surface area contributed by atoms with Gasteiger partial charge in [0.1, 0.15) is 5.82 Å². The van der Waals surface area contributed by atoms with Crippen LogP contribution in [0.25, 0.3) is 0 Å². The Labute approximate surface area is 131 Å². The van der Waals surface area contributed by atoms with Gasteiger partial charge in [-0.2, -0.15) is 0 Å². The van der Waals surface area contributed by atoms with E-state index in [4.69, 9.17) is 0 Å². The zero-order valence-corrected chi connectivity index (χ0v) is 13.8. The van der Waals surface area contributed by atoms with Gasteiger partial charge < -0.3 is 5.32 Å². The van der Waals surface area contributed by atoms with E-state index in [1.165, 1.54) is 47.1 Å². The van der Waals surface area contributed by atoms with Crippen molar-refractivity contribution in [1.29, 1.82) is 0 Å². The Morgan fingerprint density at radius 2 is 2.10 bits per heavy atom. The first-order valence-electron chi connectivity index (χ1n) is 6.97. The monoisotopic (exact) mass is 353 g/mol. The van der Waals surface area contributed by atoms with Gasteiger partial charge in [-0.3, -0.25) is 0 Å². The summed E-state index contributed by atoms with van der Waals surface area (Å²) in [6, 6.07) is 7.47. The molecule has 20 heavy (non-hydrogen) atoms. The number of hydrogen-bond donors (Lipinski definition) is 1. The highest BCUT2D eigenvalue weighted by atomic mass is 79.9. The van der Waals surface area contributed by atoms with Crippen LogP contribution in [0.2, 0.25) is 0 Å². The number of hydrogen-bond acceptors (Lipinski definition) is 2. The minimum absolute atomic E-state index is 0.124. The molecule has 0 aliphatic heterocycles. The van der Waals surface area contributed by atoms with Crippen molar-refractivity contribution in [2.24, 2.45) is 0 Å². The van der Waals surface area contributed by atoms with Crippen molar-refractivity contribution >= 4 is 33.0 Å². The van der Waals surface area contributed by atoms with E-state index in [0.29, 0.717) is 5.69 Å². The van der Waals surface area contributed by atoms with Gasteiger partial charge in [0.2, 0.25) is 0 Å². The number of benzene rings is 1. The smallest absolute Gasteiger partial charge is 0.147 e. The summed E-state index contributed by atoms with van der Waals surface area (Å²) in [5.41, 5.74) is 2.05. The number of nitrogens with one attached hydrogen (secondary N) is 1. The van der Waals surface area contributed by atoms with Crippen molar-refractivity contribution in [1.82, 2.24) is 0 Å². The van der Waals surface area contributed by atoms with Crippen LogP contribution in [-0.2, 0) is 12.8 Å². The molecule has 0 radical (unpaired) electrons. The molecule has 106 valence electrons. The third-order valence-electron chi connectivity index (χ3n) is 3.77. The predicted octanol–water partition coefficient (Wildman–Crippen LogP) is 5.70. The summed E-state index contributed by atoms with van der Waals surface area (Å²) in [5.74, 6) is -0.215. The Hall–Kier alpha value is -0.870. The van der Waals surface area contributed by atoms with Crippen LogP contribution in [0.4, 0.5) is 10.1 Å². The van der Waals surface area contributed by atoms with Crippen LogP contribution in [0, 0.1) is 5.82 Å². The highest BCUT2D eigenvalue weighted by Crippen LogP contribution is 2.35. The van der Waals surface area contributed by atoms with E-state index in [1.54, 1.807) is 6.07 Å². The van der Waals surface area contributed by atoms with E-state index in [2.05, 4.69) is 34.2 Å². The molecule has 1 nitrogen and oxygen atoms in total. The van der Waals surface area contributed by atoms with Gasteiger partial charge in [-0.05, 0) is 72.3 Å². The van der Waals surface area contributed by atoms with Crippen LogP contribution in [-0.4, -0.2) is 0 Å². The number of anilines is 1. The Morgan fingerprint density at radius 3 is 2.85 bits per heavy atom. The quantitative estimate of drug-likeness (QED) is 0.745. The van der Waals surface area contributed by atoms with Crippen LogP contribution in [0.15, 0.2) is 28.7 Å². The Balaban J connectivity index is 1.82. The molecule has 4 heteroatoms. The second-order valence-electron chi connectivity index (χ2n) is 5.27. The molecular weight excluding hydrogens is 337 g/mol. The van der Waals surface area contributed by atoms with Crippen molar-refractivity contribution in [3.05, 3.63) is 49.9 Å². The molecule has 1 heterocycles. The zero-order chi connectivity index (χ0) is 14.1. The molecule has 0 amide bonds. The molecule has 1 aromatic heterocycles. The fraction of sp³-hybridized carbons (Fsp3) is 0.375. The highest BCUT2D eigenvalue weighted by molar-refractivity contribution is 9.10. The van der Waals surface area contributed by atoms with Gasteiger partial charge in [0.05, 0.1) is 11.7 Å². The molecule has 0 spiro atoms. The van der Waals surface area contributed by atoms with E-state index in [1.807, 2.05) is 17.4 Å². The summed E-state index contributed by atoms with van der Waals surface area (Å²) in [5, 5.41) is 3.29. The van der Waals surface area contributed by atoms with E-state index in [9.17, 15) is 4.39 Å². The molecule has 0 saturated heterocycles. The molecule has 1 unspecified atom stereocenters. The minimum atomic E-state index is -0.215. The molecule has 2 aromatic rings. The summed E-state index contributed by atoms with van der Waals surface area (Å²) >= 11 is 5.28. The fourth-order valence-electron chi connectivity index (χ4n) is 2.65. The van der Waals surface area contributed by atoms with Gasteiger partial charge in [0.25, 0.3) is 0 Å². The van der Waals surface area contributed by atoms with Gasteiger partial charge in [-0.25, -0.2) is 4.39 Å². The summed E-state index contributed by atoms with van der Waals surface area (Å²) in [4.78, 5) is 2.82. The summed E-state index contributed by atoms with van der Waals surface area (Å²) in [7, 11) is 0. The van der Waals surface area contributed by atoms with E-state index < -0.39 is 0 Å². The molecular formula is C16H17BrFNS. The molecule has 1 aliphatic carbocycles. The van der Waals surface area contributed by atoms with E-state index in [0.717, 1.165) is 4.47 Å². The molecule has 3 rings (SSSR count). The second-order valence-corrected chi connectivity index (χ2v) is 7.29. The lowest BCUT2D eigenvalue weighted by Crippen LogP contribution is -2.07. The molecule has 1 aromatic carbocycles. The number of halogens is 2. The first-order valence-corrected chi connectivity index (χ1v) is 8.58. The van der Waals surface area contributed by atoms with Gasteiger partial charge in [0.15, 0.2) is 0 Å². The largest absolute Gasteiger partial charge is 0.374 e. The molecule has 0 saturated carbocycles. The van der Waals surface area contributed by atoms with Gasteiger partial charge >= 0.3 is 0 Å². The lowest BCUT2D eigenvalue weighted by Gasteiger charge is -2.15. The van der Waals surface area contributed by atoms with Crippen LogP contribution < -0.4 is 5.32 Å². The number of aryl methyl sites for hydroxylation is 2. The number of para-hydroxylation sites is 1.